The Balaban J connectivity index is 1.27. The molecule has 1 amide bonds. The van der Waals surface area contributed by atoms with Gasteiger partial charge in [-0.1, -0.05) is 35.5 Å². The molecule has 7 nitrogen and oxygen atoms in total. The van der Waals surface area contributed by atoms with Gasteiger partial charge in [0, 0.05) is 31.0 Å². The van der Waals surface area contributed by atoms with Crippen molar-refractivity contribution in [2.45, 2.75) is 5.92 Å². The van der Waals surface area contributed by atoms with Gasteiger partial charge in [-0.05, 0) is 36.4 Å². The third-order valence-electron chi connectivity index (χ3n) is 4.97. The third kappa shape index (κ3) is 3.53. The third-order valence-corrected chi connectivity index (χ3v) is 4.97. The first kappa shape index (κ1) is 18.1. The number of carbonyl (C=O) groups is 1. The fourth-order valence-corrected chi connectivity index (χ4v) is 3.33. The molecule has 0 N–H and O–H groups in total. The molecule has 0 aliphatic carbocycles. The quantitative estimate of drug-likeness (QED) is 0.502. The van der Waals surface area contributed by atoms with Crippen LogP contribution in [0.2, 0.25) is 0 Å². The number of benzene rings is 2. The van der Waals surface area contributed by atoms with E-state index < -0.39 is 0 Å². The molecule has 2 aromatic carbocycles. The van der Waals surface area contributed by atoms with Crippen LogP contribution in [0, 0.1) is 0 Å². The highest BCUT2D eigenvalue weighted by Crippen LogP contribution is 2.32. The summed E-state index contributed by atoms with van der Waals surface area (Å²) in [5.41, 5.74) is 1.33. The summed E-state index contributed by atoms with van der Waals surface area (Å²) in [6, 6.07) is 20.4. The lowest BCUT2D eigenvalue weighted by atomic mass is 9.98. The minimum Gasteiger partial charge on any atom is -0.457 e. The number of hydrogen-bond acceptors (Lipinski definition) is 6. The van der Waals surface area contributed by atoms with Crippen LogP contribution in [0.4, 0.5) is 0 Å². The molecule has 0 saturated carbocycles. The van der Waals surface area contributed by atoms with E-state index in [-0.39, 0.29) is 11.8 Å². The molecule has 1 fully saturated rings. The summed E-state index contributed by atoms with van der Waals surface area (Å²) in [5, 5.41) is 4.03. The van der Waals surface area contributed by atoms with E-state index in [9.17, 15) is 4.79 Å². The van der Waals surface area contributed by atoms with Gasteiger partial charge in [-0.25, -0.2) is 0 Å². The predicted octanol–water partition coefficient (Wildman–Crippen LogP) is 4.16. The Bertz CT molecular complexity index is 1160. The number of pyridine rings is 1. The normalized spacial score (nSPS) is 13.7. The number of nitrogens with zero attached hydrogens (tertiary/aromatic N) is 4. The Morgan fingerprint density at radius 2 is 1.80 bits per heavy atom. The van der Waals surface area contributed by atoms with Crippen LogP contribution in [-0.4, -0.2) is 39.0 Å². The van der Waals surface area contributed by atoms with Gasteiger partial charge in [0.25, 0.3) is 5.91 Å². The molecule has 0 unspecified atom stereocenters. The molecule has 1 aliphatic rings. The molecule has 1 aliphatic heterocycles. The Hall–Kier alpha value is -4.00. The molecular formula is C23H18N4O3. The minimum atomic E-state index is -0.0789. The molecule has 7 heteroatoms. The number of hydrogen-bond donors (Lipinski definition) is 0. The van der Waals surface area contributed by atoms with Gasteiger partial charge in [0.1, 0.15) is 11.5 Å². The number of carbonyl (C=O) groups excluding carboxylic acids is 1. The van der Waals surface area contributed by atoms with E-state index in [4.69, 9.17) is 9.26 Å². The lowest BCUT2D eigenvalue weighted by Gasteiger charge is -2.37. The van der Waals surface area contributed by atoms with Gasteiger partial charge in [-0.15, -0.1) is 0 Å². The topological polar surface area (TPSA) is 81.4 Å². The van der Waals surface area contributed by atoms with Crippen molar-refractivity contribution in [2.75, 3.05) is 13.1 Å². The molecule has 0 atom stereocenters. The van der Waals surface area contributed by atoms with Crippen molar-refractivity contribution in [2.24, 2.45) is 0 Å². The van der Waals surface area contributed by atoms with Crippen LogP contribution < -0.4 is 4.74 Å². The van der Waals surface area contributed by atoms with Crippen LogP contribution in [0.5, 0.6) is 11.5 Å². The van der Waals surface area contributed by atoms with E-state index in [0.717, 1.165) is 5.56 Å². The Morgan fingerprint density at radius 1 is 1.00 bits per heavy atom. The SMILES string of the molecule is O=C(c1ccccc1Oc1ccccc1)N1CC(c2nc(-c3cccnc3)no2)C1. The van der Waals surface area contributed by atoms with Crippen molar-refractivity contribution in [3.8, 4) is 22.9 Å². The number of ether oxygens (including phenoxy) is 1. The zero-order chi connectivity index (χ0) is 20.3. The van der Waals surface area contributed by atoms with Gasteiger partial charge < -0.3 is 14.2 Å². The molecule has 1 saturated heterocycles. The highest BCUT2D eigenvalue weighted by atomic mass is 16.5. The van der Waals surface area contributed by atoms with Gasteiger partial charge in [0.2, 0.25) is 11.7 Å². The summed E-state index contributed by atoms with van der Waals surface area (Å²) in [6.07, 6.45) is 3.38. The zero-order valence-corrected chi connectivity index (χ0v) is 16.0. The molecule has 0 spiro atoms. The van der Waals surface area contributed by atoms with Crippen LogP contribution in [-0.2, 0) is 0 Å². The van der Waals surface area contributed by atoms with Crippen LogP contribution >= 0.6 is 0 Å². The fourth-order valence-electron chi connectivity index (χ4n) is 3.33. The van der Waals surface area contributed by atoms with E-state index in [0.29, 0.717) is 41.9 Å². The van der Waals surface area contributed by atoms with Crippen molar-refractivity contribution >= 4 is 5.91 Å². The Kier molecular flexibility index (Phi) is 4.69. The van der Waals surface area contributed by atoms with E-state index >= 15 is 0 Å². The summed E-state index contributed by atoms with van der Waals surface area (Å²) in [7, 11) is 0. The molecule has 0 radical (unpaired) electrons. The standard InChI is InChI=1S/C23H18N4O3/c28-23(19-10-4-5-11-20(19)29-18-8-2-1-3-9-18)27-14-17(15-27)22-25-21(26-30-22)16-7-6-12-24-13-16/h1-13,17H,14-15H2. The lowest BCUT2D eigenvalue weighted by Crippen LogP contribution is -2.48. The predicted molar refractivity (Wildman–Crippen MR) is 109 cm³/mol. The molecule has 4 aromatic rings. The lowest BCUT2D eigenvalue weighted by molar-refractivity contribution is 0.0566. The summed E-state index contributed by atoms with van der Waals surface area (Å²) in [4.78, 5) is 23.3. The van der Waals surface area contributed by atoms with Gasteiger partial charge in [0.15, 0.2) is 0 Å². The van der Waals surface area contributed by atoms with Crippen LogP contribution in [0.25, 0.3) is 11.4 Å². The molecule has 5 rings (SSSR count). The molecule has 3 heterocycles. The van der Waals surface area contributed by atoms with E-state index in [2.05, 4.69) is 15.1 Å². The molecule has 30 heavy (non-hydrogen) atoms. The first-order valence-electron chi connectivity index (χ1n) is 9.63. The van der Waals surface area contributed by atoms with Gasteiger partial charge in [-0.2, -0.15) is 4.98 Å². The molecule has 2 aromatic heterocycles. The number of para-hydroxylation sites is 2. The maximum Gasteiger partial charge on any atom is 0.257 e. The number of amides is 1. The zero-order valence-electron chi connectivity index (χ0n) is 16.0. The van der Waals surface area contributed by atoms with Crippen LogP contribution in [0.3, 0.4) is 0 Å². The van der Waals surface area contributed by atoms with Crippen LogP contribution in [0.1, 0.15) is 22.2 Å². The van der Waals surface area contributed by atoms with E-state index in [1.807, 2.05) is 54.6 Å². The second-order valence-electron chi connectivity index (χ2n) is 7.02. The summed E-state index contributed by atoms with van der Waals surface area (Å²) >= 11 is 0. The maximum atomic E-state index is 13.0. The van der Waals surface area contributed by atoms with Crippen molar-refractivity contribution in [1.29, 1.82) is 0 Å². The fraction of sp³-hybridized carbons (Fsp3) is 0.130. The Morgan fingerprint density at radius 3 is 2.60 bits per heavy atom. The van der Waals surface area contributed by atoms with Crippen molar-refractivity contribution in [3.05, 3.63) is 90.6 Å². The first-order chi connectivity index (χ1) is 14.8. The number of likely N-dealkylation sites (tertiary alicyclic amines) is 1. The monoisotopic (exact) mass is 398 g/mol. The first-order valence-corrected chi connectivity index (χ1v) is 9.63. The summed E-state index contributed by atoms with van der Waals surface area (Å²) in [5.74, 6) is 2.21. The van der Waals surface area contributed by atoms with E-state index in [1.54, 1.807) is 29.4 Å². The largest absolute Gasteiger partial charge is 0.457 e. The summed E-state index contributed by atoms with van der Waals surface area (Å²) in [6.45, 7) is 1.04. The number of rotatable bonds is 5. The average molecular weight is 398 g/mol. The van der Waals surface area contributed by atoms with Crippen LogP contribution in [0.15, 0.2) is 83.6 Å². The van der Waals surface area contributed by atoms with Gasteiger partial charge in [-0.3, -0.25) is 9.78 Å². The highest BCUT2D eigenvalue weighted by molar-refractivity contribution is 5.97. The van der Waals surface area contributed by atoms with Crippen molar-refractivity contribution in [3.63, 3.8) is 0 Å². The average Bonchev–Trinajstić information content (AvgIpc) is 3.24. The van der Waals surface area contributed by atoms with Crippen molar-refractivity contribution in [1.82, 2.24) is 20.0 Å². The number of aromatic nitrogens is 3. The second kappa shape index (κ2) is 7.79. The smallest absolute Gasteiger partial charge is 0.257 e. The Labute approximate surface area is 172 Å². The minimum absolute atomic E-state index is 0.0223. The van der Waals surface area contributed by atoms with E-state index in [1.165, 1.54) is 0 Å². The highest BCUT2D eigenvalue weighted by Gasteiger charge is 2.37. The molecule has 148 valence electrons. The van der Waals surface area contributed by atoms with Gasteiger partial charge >= 0.3 is 0 Å². The summed E-state index contributed by atoms with van der Waals surface area (Å²) < 4.78 is 11.3. The molecular weight excluding hydrogens is 380 g/mol. The van der Waals surface area contributed by atoms with Gasteiger partial charge in [0.05, 0.1) is 11.5 Å². The molecule has 0 bridgehead atoms. The maximum absolute atomic E-state index is 13.0. The second-order valence-corrected chi connectivity index (χ2v) is 7.02. The van der Waals surface area contributed by atoms with Crippen molar-refractivity contribution < 1.29 is 14.1 Å².